The summed E-state index contributed by atoms with van der Waals surface area (Å²) in [6, 6.07) is 8.11. The van der Waals surface area contributed by atoms with Crippen LogP contribution in [0.4, 0.5) is 11.4 Å². The van der Waals surface area contributed by atoms with Crippen LogP contribution in [-0.4, -0.2) is 42.6 Å². The fourth-order valence-electron chi connectivity index (χ4n) is 3.12. The highest BCUT2D eigenvalue weighted by Crippen LogP contribution is 2.29. The quantitative estimate of drug-likeness (QED) is 0.880. The number of benzene rings is 1. The van der Waals surface area contributed by atoms with Gasteiger partial charge in [-0.2, -0.15) is 0 Å². The molecular weight excluding hydrogens is 260 g/mol. The molecule has 0 spiro atoms. The molecule has 1 aromatic carbocycles. The van der Waals surface area contributed by atoms with Crippen LogP contribution in [0.3, 0.4) is 0 Å². The molecule has 2 heterocycles. The second-order valence-corrected chi connectivity index (χ2v) is 6.25. The second kappa shape index (κ2) is 5.90. The lowest BCUT2D eigenvalue weighted by Crippen LogP contribution is -2.47. The minimum atomic E-state index is 0.732. The summed E-state index contributed by atoms with van der Waals surface area (Å²) in [5.74, 6) is 0.732. The van der Waals surface area contributed by atoms with Gasteiger partial charge < -0.3 is 10.6 Å². The average molecular weight is 284 g/mol. The first-order valence-electron chi connectivity index (χ1n) is 7.75. The number of fused-ring (bicyclic) bond motifs is 1. The van der Waals surface area contributed by atoms with Crippen molar-refractivity contribution in [1.82, 2.24) is 9.88 Å². The second-order valence-electron chi connectivity index (χ2n) is 6.25. The van der Waals surface area contributed by atoms with E-state index in [1.807, 2.05) is 18.3 Å². The molecule has 4 heteroatoms. The Labute approximate surface area is 126 Å². The molecule has 2 aromatic rings. The lowest BCUT2D eigenvalue weighted by Gasteiger charge is -2.37. The van der Waals surface area contributed by atoms with Gasteiger partial charge in [0, 0.05) is 50.0 Å². The number of rotatable bonds is 3. The van der Waals surface area contributed by atoms with Gasteiger partial charge in [-0.1, -0.05) is 13.8 Å². The van der Waals surface area contributed by atoms with Crippen LogP contribution in [-0.2, 0) is 0 Å². The number of nitrogens with two attached hydrogens (primary N) is 1. The fraction of sp³-hybridized carbons (Fsp3) is 0.471. The maximum Gasteiger partial charge on any atom is 0.0955 e. The van der Waals surface area contributed by atoms with Crippen LogP contribution in [0.2, 0.25) is 0 Å². The number of hydrogen-bond donors (Lipinski definition) is 1. The van der Waals surface area contributed by atoms with Crippen molar-refractivity contribution in [1.29, 1.82) is 0 Å². The molecule has 21 heavy (non-hydrogen) atoms. The van der Waals surface area contributed by atoms with Gasteiger partial charge in [0.1, 0.15) is 0 Å². The monoisotopic (exact) mass is 284 g/mol. The zero-order chi connectivity index (χ0) is 14.8. The van der Waals surface area contributed by atoms with E-state index in [0.717, 1.165) is 48.7 Å². The third-order valence-electron chi connectivity index (χ3n) is 4.12. The predicted molar refractivity (Wildman–Crippen MR) is 89.6 cm³/mol. The van der Waals surface area contributed by atoms with Crippen LogP contribution < -0.4 is 10.6 Å². The Hall–Kier alpha value is -1.81. The average Bonchev–Trinajstić information content (AvgIpc) is 2.48. The van der Waals surface area contributed by atoms with E-state index in [2.05, 4.69) is 40.8 Å². The third-order valence-corrected chi connectivity index (χ3v) is 4.12. The summed E-state index contributed by atoms with van der Waals surface area (Å²) in [6.45, 7) is 10.1. The first-order valence-corrected chi connectivity index (χ1v) is 7.75. The molecule has 3 rings (SSSR count). The molecule has 0 bridgehead atoms. The van der Waals surface area contributed by atoms with Crippen molar-refractivity contribution in [2.75, 3.05) is 43.4 Å². The summed E-state index contributed by atoms with van der Waals surface area (Å²) in [6.07, 6.45) is 1.85. The first-order chi connectivity index (χ1) is 10.1. The van der Waals surface area contributed by atoms with Gasteiger partial charge >= 0.3 is 0 Å². The van der Waals surface area contributed by atoms with Crippen LogP contribution in [0.15, 0.2) is 30.5 Å². The van der Waals surface area contributed by atoms with Gasteiger partial charge in [-0.25, -0.2) is 0 Å². The molecular formula is C17H24N4. The Kier molecular flexibility index (Phi) is 3.97. The highest BCUT2D eigenvalue weighted by molar-refractivity contribution is 5.98. The highest BCUT2D eigenvalue weighted by atomic mass is 15.3. The van der Waals surface area contributed by atoms with Crippen molar-refractivity contribution in [3.8, 4) is 0 Å². The van der Waals surface area contributed by atoms with E-state index in [1.54, 1.807) is 0 Å². The van der Waals surface area contributed by atoms with Crippen molar-refractivity contribution in [3.63, 3.8) is 0 Å². The Morgan fingerprint density at radius 3 is 2.62 bits per heavy atom. The molecule has 112 valence electrons. The van der Waals surface area contributed by atoms with Crippen LogP contribution >= 0.6 is 0 Å². The number of hydrogen-bond acceptors (Lipinski definition) is 4. The van der Waals surface area contributed by atoms with Crippen LogP contribution in [0, 0.1) is 5.92 Å². The summed E-state index contributed by atoms with van der Waals surface area (Å²) in [7, 11) is 0. The zero-order valence-corrected chi connectivity index (χ0v) is 12.9. The minimum Gasteiger partial charge on any atom is -0.398 e. The molecule has 0 unspecified atom stereocenters. The highest BCUT2D eigenvalue weighted by Gasteiger charge is 2.19. The number of pyridine rings is 1. The van der Waals surface area contributed by atoms with E-state index in [-0.39, 0.29) is 0 Å². The molecule has 1 aliphatic rings. The smallest absolute Gasteiger partial charge is 0.0955 e. The van der Waals surface area contributed by atoms with Crippen molar-refractivity contribution < 1.29 is 0 Å². The Bertz CT molecular complexity index is 615. The van der Waals surface area contributed by atoms with Crippen molar-refractivity contribution in [3.05, 3.63) is 30.5 Å². The molecule has 0 saturated carbocycles. The summed E-state index contributed by atoms with van der Waals surface area (Å²) < 4.78 is 0. The maximum atomic E-state index is 6.06. The molecule has 0 aliphatic carbocycles. The van der Waals surface area contributed by atoms with E-state index in [1.165, 1.54) is 12.2 Å². The number of nitrogen functional groups attached to an aromatic ring is 1. The van der Waals surface area contributed by atoms with E-state index in [4.69, 9.17) is 5.73 Å². The van der Waals surface area contributed by atoms with Crippen molar-refractivity contribution >= 4 is 22.3 Å². The Morgan fingerprint density at radius 2 is 1.90 bits per heavy atom. The third kappa shape index (κ3) is 2.95. The van der Waals surface area contributed by atoms with Gasteiger partial charge in [0.05, 0.1) is 11.2 Å². The van der Waals surface area contributed by atoms with E-state index < -0.39 is 0 Å². The van der Waals surface area contributed by atoms with Gasteiger partial charge in [-0.05, 0) is 30.2 Å². The number of aromatic nitrogens is 1. The molecule has 4 nitrogen and oxygen atoms in total. The van der Waals surface area contributed by atoms with E-state index in [9.17, 15) is 0 Å². The van der Waals surface area contributed by atoms with Crippen LogP contribution in [0.1, 0.15) is 13.8 Å². The first kappa shape index (κ1) is 14.1. The summed E-state index contributed by atoms with van der Waals surface area (Å²) in [5, 5.41) is 1.06. The van der Waals surface area contributed by atoms with Gasteiger partial charge in [0.2, 0.25) is 0 Å². The predicted octanol–water partition coefficient (Wildman–Crippen LogP) is 2.60. The molecule has 1 aromatic heterocycles. The number of piperazine rings is 1. The van der Waals surface area contributed by atoms with Gasteiger partial charge in [0.25, 0.3) is 0 Å². The van der Waals surface area contributed by atoms with Crippen molar-refractivity contribution in [2.45, 2.75) is 13.8 Å². The Morgan fingerprint density at radius 1 is 1.14 bits per heavy atom. The van der Waals surface area contributed by atoms with Gasteiger partial charge in [0.15, 0.2) is 0 Å². The lowest BCUT2D eigenvalue weighted by molar-refractivity contribution is 0.231. The Balaban J connectivity index is 1.81. The summed E-state index contributed by atoms with van der Waals surface area (Å²) >= 11 is 0. The molecule has 0 radical (unpaired) electrons. The largest absolute Gasteiger partial charge is 0.398 e. The molecule has 0 amide bonds. The normalized spacial score (nSPS) is 16.8. The lowest BCUT2D eigenvalue weighted by atomic mass is 10.1. The fourth-order valence-corrected chi connectivity index (χ4v) is 3.12. The van der Waals surface area contributed by atoms with E-state index in [0.29, 0.717) is 0 Å². The number of anilines is 2. The van der Waals surface area contributed by atoms with E-state index >= 15 is 0 Å². The maximum absolute atomic E-state index is 6.06. The zero-order valence-electron chi connectivity index (χ0n) is 12.9. The molecule has 1 fully saturated rings. The van der Waals surface area contributed by atoms with Crippen molar-refractivity contribution in [2.24, 2.45) is 5.92 Å². The standard InChI is InChI=1S/C17H24N4/c1-13(2)12-20-8-10-21(11-9-20)16-6-5-15(18)14-4-3-7-19-17(14)16/h3-7,13H,8-12,18H2,1-2H3. The molecule has 1 aliphatic heterocycles. The molecule has 0 atom stereocenters. The van der Waals surface area contributed by atoms with Crippen LogP contribution in [0.25, 0.3) is 10.9 Å². The topological polar surface area (TPSA) is 45.4 Å². The molecule has 2 N–H and O–H groups in total. The minimum absolute atomic E-state index is 0.732. The summed E-state index contributed by atoms with van der Waals surface area (Å²) in [4.78, 5) is 9.54. The summed E-state index contributed by atoms with van der Waals surface area (Å²) in [5.41, 5.74) is 9.11. The SMILES string of the molecule is CC(C)CN1CCN(c2ccc(N)c3cccnc23)CC1. The van der Waals surface area contributed by atoms with Gasteiger partial charge in [-0.15, -0.1) is 0 Å². The number of nitrogens with zero attached hydrogens (tertiary/aromatic N) is 3. The molecule has 1 saturated heterocycles. The van der Waals surface area contributed by atoms with Gasteiger partial charge in [-0.3, -0.25) is 9.88 Å². The van der Waals surface area contributed by atoms with Crippen LogP contribution in [0.5, 0.6) is 0 Å².